The number of aromatic nitrogens is 3. The van der Waals surface area contributed by atoms with Gasteiger partial charge in [-0.05, 0) is 70.8 Å². The molecule has 0 atom stereocenters. The van der Waals surface area contributed by atoms with Crippen molar-refractivity contribution in [2.45, 2.75) is 47.1 Å². The first-order valence-electron chi connectivity index (χ1n) is 10.1. The number of hydrogen-bond acceptors (Lipinski definition) is 6. The number of anilines is 1. The molecule has 1 fully saturated rings. The Kier molecular flexibility index (Phi) is 5.61. The fourth-order valence-electron chi connectivity index (χ4n) is 3.59. The third-order valence-electron chi connectivity index (χ3n) is 5.69. The minimum Gasteiger partial charge on any atom is -0.298 e. The Morgan fingerprint density at radius 2 is 1.76 bits per heavy atom. The molecule has 0 spiro atoms. The van der Waals surface area contributed by atoms with E-state index in [1.54, 1.807) is 23.5 Å². The van der Waals surface area contributed by atoms with E-state index in [1.807, 2.05) is 26.8 Å². The predicted molar refractivity (Wildman–Crippen MR) is 117 cm³/mol. The van der Waals surface area contributed by atoms with Crippen LogP contribution in [0.2, 0.25) is 0 Å². The van der Waals surface area contributed by atoms with Crippen molar-refractivity contribution in [2.24, 2.45) is 5.92 Å². The van der Waals surface area contributed by atoms with Gasteiger partial charge in [0, 0.05) is 17.0 Å². The van der Waals surface area contributed by atoms with E-state index in [1.165, 1.54) is 17.7 Å². The fraction of sp³-hybridized carbons (Fsp3) is 0.455. The number of aryl methyl sites for hydroxylation is 3. The number of amides is 1. The van der Waals surface area contributed by atoms with E-state index < -0.39 is 0 Å². The van der Waals surface area contributed by atoms with Gasteiger partial charge in [0.2, 0.25) is 0 Å². The molecule has 1 saturated heterocycles. The summed E-state index contributed by atoms with van der Waals surface area (Å²) in [6, 6.07) is 5.43. The molecule has 1 amide bonds. The number of nitrogens with zero attached hydrogens (tertiary/aromatic N) is 4. The Morgan fingerprint density at radius 3 is 2.48 bits per heavy atom. The van der Waals surface area contributed by atoms with Crippen molar-refractivity contribution >= 4 is 33.4 Å². The summed E-state index contributed by atoms with van der Waals surface area (Å²) in [6.45, 7) is 11.4. The highest BCUT2D eigenvalue weighted by molar-refractivity contribution is 7.15. The molecule has 7 heteroatoms. The van der Waals surface area contributed by atoms with Crippen molar-refractivity contribution in [1.82, 2.24) is 19.9 Å². The molecule has 29 heavy (non-hydrogen) atoms. The number of likely N-dealkylation sites (tertiary alicyclic amines) is 1. The number of hydrogen-bond donors (Lipinski definition) is 1. The first kappa shape index (κ1) is 19.9. The molecule has 0 unspecified atom stereocenters. The third-order valence-corrected chi connectivity index (χ3v) is 6.75. The summed E-state index contributed by atoms with van der Waals surface area (Å²) in [5.41, 5.74) is 4.88. The molecule has 152 valence electrons. The van der Waals surface area contributed by atoms with Gasteiger partial charge in [0.15, 0.2) is 5.13 Å². The van der Waals surface area contributed by atoms with Crippen LogP contribution in [0.25, 0.3) is 11.0 Å². The van der Waals surface area contributed by atoms with Crippen LogP contribution in [0, 0.1) is 26.7 Å². The van der Waals surface area contributed by atoms with E-state index in [4.69, 9.17) is 0 Å². The molecule has 1 aliphatic rings. The molecule has 4 rings (SSSR count). The number of thiazole rings is 1. The first-order valence-corrected chi connectivity index (χ1v) is 11.0. The number of fused-ring (bicyclic) bond motifs is 1. The van der Waals surface area contributed by atoms with Crippen LogP contribution in [0.5, 0.6) is 0 Å². The van der Waals surface area contributed by atoms with Crippen LogP contribution < -0.4 is 5.32 Å². The van der Waals surface area contributed by atoms with Gasteiger partial charge in [-0.15, -0.1) is 11.3 Å². The summed E-state index contributed by atoms with van der Waals surface area (Å²) in [5.74, 6) is 0.655. The van der Waals surface area contributed by atoms with Crippen LogP contribution in [0.15, 0.2) is 18.2 Å². The number of piperidine rings is 1. The number of rotatable bonds is 4. The van der Waals surface area contributed by atoms with Gasteiger partial charge in [0.25, 0.3) is 5.91 Å². The average molecular weight is 410 g/mol. The number of carbonyl (C=O) groups excluding carboxylic acids is 1. The minimum absolute atomic E-state index is 0.168. The number of benzene rings is 1. The van der Waals surface area contributed by atoms with E-state index in [2.05, 4.69) is 32.1 Å². The van der Waals surface area contributed by atoms with Crippen molar-refractivity contribution in [3.63, 3.8) is 0 Å². The van der Waals surface area contributed by atoms with E-state index in [9.17, 15) is 4.79 Å². The van der Waals surface area contributed by atoms with Crippen molar-refractivity contribution in [3.05, 3.63) is 45.7 Å². The van der Waals surface area contributed by atoms with Gasteiger partial charge < -0.3 is 0 Å². The van der Waals surface area contributed by atoms with Crippen molar-refractivity contribution in [3.8, 4) is 0 Å². The fourth-order valence-corrected chi connectivity index (χ4v) is 4.59. The Hall–Kier alpha value is -2.38. The number of carbonyl (C=O) groups is 1. The standard InChI is InChI=1S/C22H27N5OS/c1-13-7-9-27(10-8-13)12-20-16(4)25-22(29-20)26-21(28)17-5-6-18-19(11-17)24-15(3)14(2)23-18/h5-6,11,13H,7-10,12H2,1-4H3,(H,25,26,28). The molecule has 3 heterocycles. The lowest BCUT2D eigenvalue weighted by atomic mass is 9.99. The maximum atomic E-state index is 12.8. The molecular weight excluding hydrogens is 382 g/mol. The van der Waals surface area contributed by atoms with E-state index in [-0.39, 0.29) is 5.91 Å². The molecule has 6 nitrogen and oxygen atoms in total. The summed E-state index contributed by atoms with van der Waals surface area (Å²) >= 11 is 1.57. The molecule has 0 bridgehead atoms. The normalized spacial score (nSPS) is 15.7. The second-order valence-electron chi connectivity index (χ2n) is 8.04. The SMILES string of the molecule is Cc1nc2ccc(C(=O)Nc3nc(C)c(CN4CCC(C)CC4)s3)cc2nc1C. The first-order chi connectivity index (χ1) is 13.9. The topological polar surface area (TPSA) is 71.0 Å². The molecule has 0 radical (unpaired) electrons. The average Bonchev–Trinajstić information content (AvgIpc) is 3.03. The van der Waals surface area contributed by atoms with Crippen LogP contribution >= 0.6 is 11.3 Å². The zero-order chi connectivity index (χ0) is 20.5. The zero-order valence-electron chi connectivity index (χ0n) is 17.5. The molecular formula is C22H27N5OS. The zero-order valence-corrected chi connectivity index (χ0v) is 18.3. The van der Waals surface area contributed by atoms with Crippen molar-refractivity contribution < 1.29 is 4.79 Å². The van der Waals surface area contributed by atoms with Crippen LogP contribution in [-0.4, -0.2) is 38.8 Å². The van der Waals surface area contributed by atoms with E-state index >= 15 is 0 Å². The molecule has 0 aliphatic carbocycles. The summed E-state index contributed by atoms with van der Waals surface area (Å²) < 4.78 is 0. The van der Waals surface area contributed by atoms with Crippen LogP contribution in [0.4, 0.5) is 5.13 Å². The van der Waals surface area contributed by atoms with Gasteiger partial charge in [-0.25, -0.2) is 15.0 Å². The van der Waals surface area contributed by atoms with Gasteiger partial charge >= 0.3 is 0 Å². The quantitative estimate of drug-likeness (QED) is 0.687. The van der Waals surface area contributed by atoms with Gasteiger partial charge in [0.1, 0.15) is 0 Å². The minimum atomic E-state index is -0.168. The lowest BCUT2D eigenvalue weighted by Crippen LogP contribution is -2.32. The van der Waals surface area contributed by atoms with Gasteiger partial charge in [-0.1, -0.05) is 6.92 Å². The third kappa shape index (κ3) is 4.46. The maximum absolute atomic E-state index is 12.8. The lowest BCUT2D eigenvalue weighted by Gasteiger charge is -2.29. The molecule has 1 aliphatic heterocycles. The molecule has 1 aromatic carbocycles. The summed E-state index contributed by atoms with van der Waals surface area (Å²) in [7, 11) is 0. The summed E-state index contributed by atoms with van der Waals surface area (Å²) in [5, 5.41) is 3.61. The predicted octanol–water partition coefficient (Wildman–Crippen LogP) is 4.50. The van der Waals surface area contributed by atoms with Crippen LogP contribution in [0.3, 0.4) is 0 Å². The molecule has 1 N–H and O–H groups in total. The monoisotopic (exact) mass is 409 g/mol. The summed E-state index contributed by atoms with van der Waals surface area (Å²) in [4.78, 5) is 30.1. The van der Waals surface area contributed by atoms with Crippen LogP contribution in [0.1, 0.15) is 52.1 Å². The Morgan fingerprint density at radius 1 is 1.07 bits per heavy atom. The van der Waals surface area contributed by atoms with Gasteiger partial charge in [-0.3, -0.25) is 15.0 Å². The lowest BCUT2D eigenvalue weighted by molar-refractivity contribution is 0.102. The van der Waals surface area contributed by atoms with Crippen molar-refractivity contribution in [2.75, 3.05) is 18.4 Å². The van der Waals surface area contributed by atoms with Crippen molar-refractivity contribution in [1.29, 1.82) is 0 Å². The molecule has 3 aromatic rings. The highest BCUT2D eigenvalue weighted by atomic mass is 32.1. The molecule has 2 aromatic heterocycles. The highest BCUT2D eigenvalue weighted by Gasteiger charge is 2.19. The largest absolute Gasteiger partial charge is 0.298 e. The van der Waals surface area contributed by atoms with Gasteiger partial charge in [-0.2, -0.15) is 0 Å². The Bertz CT molecular complexity index is 1050. The smallest absolute Gasteiger partial charge is 0.257 e. The Balaban J connectivity index is 1.47. The van der Waals surface area contributed by atoms with Crippen LogP contribution in [-0.2, 0) is 6.54 Å². The highest BCUT2D eigenvalue weighted by Crippen LogP contribution is 2.27. The number of nitrogens with one attached hydrogen (secondary N) is 1. The second kappa shape index (κ2) is 8.16. The molecule has 0 saturated carbocycles. The second-order valence-corrected chi connectivity index (χ2v) is 9.12. The van der Waals surface area contributed by atoms with E-state index in [0.717, 1.165) is 53.7 Å². The van der Waals surface area contributed by atoms with E-state index in [0.29, 0.717) is 10.7 Å². The van der Waals surface area contributed by atoms with Gasteiger partial charge in [0.05, 0.1) is 28.1 Å². The maximum Gasteiger partial charge on any atom is 0.257 e. The Labute approximate surface area is 175 Å². The summed E-state index contributed by atoms with van der Waals surface area (Å²) in [6.07, 6.45) is 2.51.